The summed E-state index contributed by atoms with van der Waals surface area (Å²) < 4.78 is 7.33. The Morgan fingerprint density at radius 2 is 1.80 bits per heavy atom. The van der Waals surface area contributed by atoms with Gasteiger partial charge in [-0.15, -0.1) is 11.3 Å². The Kier molecular flexibility index (Phi) is 5.24. The van der Waals surface area contributed by atoms with Gasteiger partial charge in [0.05, 0.1) is 3.79 Å². The SMILES string of the molecule is CC(C)c1ccccc1OC(c1ccc(Br)s1)C(C)N. The maximum Gasteiger partial charge on any atom is 0.148 e. The van der Waals surface area contributed by atoms with Crippen LogP contribution in [0.15, 0.2) is 40.2 Å². The van der Waals surface area contributed by atoms with Crippen LogP contribution in [0.2, 0.25) is 0 Å². The van der Waals surface area contributed by atoms with E-state index in [1.54, 1.807) is 11.3 Å². The van der Waals surface area contributed by atoms with Crippen molar-refractivity contribution in [2.45, 2.75) is 38.8 Å². The van der Waals surface area contributed by atoms with Gasteiger partial charge in [-0.2, -0.15) is 0 Å². The van der Waals surface area contributed by atoms with Crippen LogP contribution in [0.25, 0.3) is 0 Å². The third-order valence-corrected chi connectivity index (χ3v) is 4.83. The van der Waals surface area contributed by atoms with Gasteiger partial charge >= 0.3 is 0 Å². The number of para-hydroxylation sites is 1. The van der Waals surface area contributed by atoms with Crippen LogP contribution in [0.1, 0.15) is 43.2 Å². The van der Waals surface area contributed by atoms with Gasteiger partial charge in [0.1, 0.15) is 11.9 Å². The van der Waals surface area contributed by atoms with Crippen LogP contribution in [0.3, 0.4) is 0 Å². The second kappa shape index (κ2) is 6.74. The molecule has 0 aliphatic rings. The van der Waals surface area contributed by atoms with Gasteiger partial charge in [0, 0.05) is 10.9 Å². The van der Waals surface area contributed by atoms with Crippen LogP contribution in [0, 0.1) is 0 Å². The lowest BCUT2D eigenvalue weighted by atomic mass is 10.0. The van der Waals surface area contributed by atoms with Crippen molar-refractivity contribution in [1.29, 1.82) is 0 Å². The van der Waals surface area contributed by atoms with Crippen LogP contribution >= 0.6 is 27.3 Å². The fraction of sp³-hybridized carbons (Fsp3) is 0.375. The molecule has 0 spiro atoms. The van der Waals surface area contributed by atoms with Crippen molar-refractivity contribution < 1.29 is 4.74 Å². The minimum Gasteiger partial charge on any atom is -0.483 e. The number of hydrogen-bond acceptors (Lipinski definition) is 3. The number of hydrogen-bond donors (Lipinski definition) is 1. The molecule has 2 nitrogen and oxygen atoms in total. The van der Waals surface area contributed by atoms with Crippen LogP contribution < -0.4 is 10.5 Å². The van der Waals surface area contributed by atoms with Gasteiger partial charge < -0.3 is 10.5 Å². The molecule has 4 heteroatoms. The van der Waals surface area contributed by atoms with E-state index in [9.17, 15) is 0 Å². The fourth-order valence-electron chi connectivity index (χ4n) is 2.11. The number of benzene rings is 1. The third kappa shape index (κ3) is 3.62. The summed E-state index contributed by atoms with van der Waals surface area (Å²) in [7, 11) is 0. The van der Waals surface area contributed by atoms with Crippen molar-refractivity contribution in [3.05, 3.63) is 50.6 Å². The van der Waals surface area contributed by atoms with E-state index in [0.29, 0.717) is 5.92 Å². The number of halogens is 1. The normalized spacial score (nSPS) is 14.3. The van der Waals surface area contributed by atoms with Crippen LogP contribution in [0.4, 0.5) is 0 Å². The van der Waals surface area contributed by atoms with Crippen molar-refractivity contribution in [3.63, 3.8) is 0 Å². The van der Waals surface area contributed by atoms with E-state index in [2.05, 4.69) is 41.9 Å². The van der Waals surface area contributed by atoms with Crippen molar-refractivity contribution in [2.75, 3.05) is 0 Å². The van der Waals surface area contributed by atoms with Crippen molar-refractivity contribution in [1.82, 2.24) is 0 Å². The maximum absolute atomic E-state index is 6.23. The minimum absolute atomic E-state index is 0.0687. The minimum atomic E-state index is -0.119. The average molecular weight is 354 g/mol. The van der Waals surface area contributed by atoms with E-state index in [-0.39, 0.29) is 12.1 Å². The van der Waals surface area contributed by atoms with Gasteiger partial charge in [0.2, 0.25) is 0 Å². The van der Waals surface area contributed by atoms with E-state index >= 15 is 0 Å². The van der Waals surface area contributed by atoms with Gasteiger partial charge in [-0.1, -0.05) is 32.0 Å². The fourth-order valence-corrected chi connectivity index (χ4v) is 3.68. The number of thiophene rings is 1. The van der Waals surface area contributed by atoms with Crippen molar-refractivity contribution in [2.24, 2.45) is 5.73 Å². The van der Waals surface area contributed by atoms with Crippen LogP contribution in [0.5, 0.6) is 5.75 Å². The van der Waals surface area contributed by atoms with Gasteiger partial charge in [0.25, 0.3) is 0 Å². The second-order valence-corrected chi connectivity index (χ2v) is 7.73. The highest BCUT2D eigenvalue weighted by atomic mass is 79.9. The molecule has 0 aliphatic heterocycles. The lowest BCUT2D eigenvalue weighted by Gasteiger charge is -2.24. The Balaban J connectivity index is 2.30. The number of ether oxygens (including phenoxy) is 1. The molecule has 2 unspecified atom stereocenters. The van der Waals surface area contributed by atoms with Gasteiger partial charge in [0.15, 0.2) is 0 Å². The first kappa shape index (κ1) is 15.5. The van der Waals surface area contributed by atoms with E-state index < -0.39 is 0 Å². The Bertz CT molecular complexity index is 565. The summed E-state index contributed by atoms with van der Waals surface area (Å²) in [5.74, 6) is 1.35. The van der Waals surface area contributed by atoms with Crippen molar-refractivity contribution in [3.8, 4) is 5.75 Å². The number of nitrogens with two attached hydrogens (primary N) is 1. The first-order chi connectivity index (χ1) is 9.49. The zero-order valence-electron chi connectivity index (χ0n) is 12.0. The third-order valence-electron chi connectivity index (χ3n) is 3.15. The monoisotopic (exact) mass is 353 g/mol. The average Bonchev–Trinajstić information content (AvgIpc) is 2.82. The molecule has 0 amide bonds. The molecule has 1 heterocycles. The summed E-state index contributed by atoms with van der Waals surface area (Å²) in [5.41, 5.74) is 7.33. The largest absolute Gasteiger partial charge is 0.483 e. The Labute approximate surface area is 133 Å². The topological polar surface area (TPSA) is 35.2 Å². The molecule has 20 heavy (non-hydrogen) atoms. The van der Waals surface area contributed by atoms with Crippen molar-refractivity contribution >= 4 is 27.3 Å². The standard InChI is InChI=1S/C16H20BrNOS/c1-10(2)12-6-4-5-7-13(12)19-16(11(3)18)14-8-9-15(17)20-14/h4-11,16H,18H2,1-3H3. The molecule has 2 N–H and O–H groups in total. The molecule has 0 radical (unpaired) electrons. The lowest BCUT2D eigenvalue weighted by Crippen LogP contribution is -2.28. The first-order valence-electron chi connectivity index (χ1n) is 6.75. The molecule has 108 valence electrons. The second-order valence-electron chi connectivity index (χ2n) is 5.23. The Morgan fingerprint density at radius 3 is 2.35 bits per heavy atom. The molecule has 2 atom stereocenters. The highest BCUT2D eigenvalue weighted by Crippen LogP contribution is 2.34. The zero-order valence-corrected chi connectivity index (χ0v) is 14.4. The summed E-state index contributed by atoms with van der Waals surface area (Å²) in [5, 5.41) is 0. The quantitative estimate of drug-likeness (QED) is 0.811. The molecule has 0 bridgehead atoms. The molecule has 0 saturated heterocycles. The van der Waals surface area contributed by atoms with E-state index in [1.807, 2.05) is 31.2 Å². The molecular formula is C16H20BrNOS. The molecule has 0 saturated carbocycles. The molecule has 1 aromatic heterocycles. The van der Waals surface area contributed by atoms with E-state index in [0.717, 1.165) is 14.4 Å². The molecular weight excluding hydrogens is 334 g/mol. The Morgan fingerprint density at radius 1 is 1.10 bits per heavy atom. The lowest BCUT2D eigenvalue weighted by molar-refractivity contribution is 0.182. The van der Waals surface area contributed by atoms with Gasteiger partial charge in [-0.05, 0) is 52.5 Å². The molecule has 1 aromatic carbocycles. The highest BCUT2D eigenvalue weighted by molar-refractivity contribution is 9.11. The number of rotatable bonds is 5. The molecule has 2 aromatic rings. The van der Waals surface area contributed by atoms with E-state index in [4.69, 9.17) is 10.5 Å². The first-order valence-corrected chi connectivity index (χ1v) is 8.36. The van der Waals surface area contributed by atoms with Gasteiger partial charge in [-0.3, -0.25) is 0 Å². The predicted octanol–water partition coefficient (Wildman–Crippen LogP) is 5.10. The zero-order chi connectivity index (χ0) is 14.7. The molecule has 0 fully saturated rings. The molecule has 2 rings (SSSR count). The van der Waals surface area contributed by atoms with E-state index in [1.165, 1.54) is 5.56 Å². The summed E-state index contributed by atoms with van der Waals surface area (Å²) in [6, 6.07) is 12.2. The predicted molar refractivity (Wildman–Crippen MR) is 89.6 cm³/mol. The molecule has 0 aliphatic carbocycles. The summed E-state index contributed by atoms with van der Waals surface area (Å²) in [4.78, 5) is 1.14. The van der Waals surface area contributed by atoms with Crippen LogP contribution in [-0.2, 0) is 0 Å². The van der Waals surface area contributed by atoms with Crippen LogP contribution in [-0.4, -0.2) is 6.04 Å². The summed E-state index contributed by atoms with van der Waals surface area (Å²) in [6.45, 7) is 6.33. The Hall–Kier alpha value is -0.840. The highest BCUT2D eigenvalue weighted by Gasteiger charge is 2.21. The summed E-state index contributed by atoms with van der Waals surface area (Å²) >= 11 is 5.16. The maximum atomic E-state index is 6.23. The van der Waals surface area contributed by atoms with Gasteiger partial charge in [-0.25, -0.2) is 0 Å². The summed E-state index contributed by atoms with van der Waals surface area (Å²) in [6.07, 6.45) is -0.119. The smallest absolute Gasteiger partial charge is 0.148 e.